The van der Waals surface area contributed by atoms with Gasteiger partial charge in [-0.15, -0.1) is 0 Å². The molecule has 0 radical (unpaired) electrons. The van der Waals surface area contributed by atoms with Crippen LogP contribution >= 0.6 is 11.6 Å². The average molecular weight is 431 g/mol. The summed E-state index contributed by atoms with van der Waals surface area (Å²) in [4.78, 5) is 37.8. The molecule has 0 aliphatic carbocycles. The molecular weight excluding hydrogens is 408 g/mol. The van der Waals surface area contributed by atoms with Gasteiger partial charge < -0.3 is 20.1 Å². The summed E-state index contributed by atoms with van der Waals surface area (Å²) in [7, 11) is 0. The molecule has 0 bridgehead atoms. The molecule has 2 amide bonds. The Hall–Kier alpha value is -2.90. The zero-order chi connectivity index (χ0) is 21.5. The number of rotatable bonds is 8. The van der Waals surface area contributed by atoms with Crippen LogP contribution in [0.25, 0.3) is 0 Å². The fourth-order valence-corrected chi connectivity index (χ4v) is 3.47. The van der Waals surface area contributed by atoms with E-state index >= 15 is 0 Å². The zero-order valence-electron chi connectivity index (χ0n) is 16.3. The molecule has 0 aromatic heterocycles. The van der Waals surface area contributed by atoms with Crippen molar-refractivity contribution in [1.29, 1.82) is 0 Å². The van der Waals surface area contributed by atoms with Gasteiger partial charge in [-0.1, -0.05) is 54.1 Å². The van der Waals surface area contributed by atoms with Crippen molar-refractivity contribution in [3.8, 4) is 0 Å². The Morgan fingerprint density at radius 2 is 1.80 bits per heavy atom. The zero-order valence-corrected chi connectivity index (χ0v) is 17.0. The van der Waals surface area contributed by atoms with Crippen molar-refractivity contribution in [2.45, 2.75) is 25.0 Å². The first-order chi connectivity index (χ1) is 14.4. The number of carboxylic acid groups (broad SMARTS) is 1. The highest BCUT2D eigenvalue weighted by Gasteiger charge is 2.38. The van der Waals surface area contributed by atoms with Gasteiger partial charge in [-0.05, 0) is 29.7 Å². The minimum atomic E-state index is -0.986. The van der Waals surface area contributed by atoms with Crippen LogP contribution in [0.2, 0.25) is 5.02 Å². The molecule has 0 unspecified atom stereocenters. The van der Waals surface area contributed by atoms with Crippen molar-refractivity contribution in [3.63, 3.8) is 0 Å². The number of carbonyl (C=O) groups excluding carboxylic acids is 2. The maximum Gasteiger partial charge on any atom is 0.305 e. The highest BCUT2D eigenvalue weighted by molar-refractivity contribution is 6.30. The normalized spacial score (nSPS) is 18.5. The number of hydrogen-bond acceptors (Lipinski definition) is 4. The number of amides is 2. The van der Waals surface area contributed by atoms with Crippen LogP contribution in [0.3, 0.4) is 0 Å². The SMILES string of the molecule is O=C(O)CCN(CCc1ccccc1)C(=O)[C@@H]1OCC(=O)N[C@@H]1c1ccc(Cl)cc1. The molecule has 2 aromatic carbocycles. The van der Waals surface area contributed by atoms with Gasteiger partial charge in [-0.2, -0.15) is 0 Å². The summed E-state index contributed by atoms with van der Waals surface area (Å²) in [5.74, 6) is -1.66. The van der Waals surface area contributed by atoms with Crippen molar-refractivity contribution in [1.82, 2.24) is 10.2 Å². The largest absolute Gasteiger partial charge is 0.481 e. The molecule has 0 saturated carbocycles. The van der Waals surface area contributed by atoms with E-state index in [1.165, 1.54) is 4.90 Å². The van der Waals surface area contributed by atoms with Gasteiger partial charge >= 0.3 is 5.97 Å². The molecule has 2 atom stereocenters. The van der Waals surface area contributed by atoms with Crippen molar-refractivity contribution >= 4 is 29.4 Å². The number of morpholine rings is 1. The van der Waals surface area contributed by atoms with E-state index in [0.29, 0.717) is 23.6 Å². The second kappa shape index (κ2) is 10.2. The maximum absolute atomic E-state index is 13.3. The number of benzene rings is 2. The van der Waals surface area contributed by atoms with Crippen LogP contribution in [-0.4, -0.2) is 53.6 Å². The molecule has 1 aliphatic rings. The van der Waals surface area contributed by atoms with Gasteiger partial charge in [0, 0.05) is 18.1 Å². The molecule has 7 nitrogen and oxygen atoms in total. The molecule has 1 fully saturated rings. The van der Waals surface area contributed by atoms with Crippen LogP contribution in [0, 0.1) is 0 Å². The number of hydrogen-bond donors (Lipinski definition) is 2. The lowest BCUT2D eigenvalue weighted by Gasteiger charge is -2.35. The minimum Gasteiger partial charge on any atom is -0.481 e. The summed E-state index contributed by atoms with van der Waals surface area (Å²) in [6.07, 6.45) is -0.546. The summed E-state index contributed by atoms with van der Waals surface area (Å²) in [6, 6.07) is 15.8. The number of nitrogens with zero attached hydrogens (tertiary/aromatic N) is 1. The summed E-state index contributed by atoms with van der Waals surface area (Å²) in [5, 5.41) is 12.4. The Labute approximate surface area is 179 Å². The Bertz CT molecular complexity index is 888. The second-order valence-corrected chi connectivity index (χ2v) is 7.47. The third-order valence-corrected chi connectivity index (χ3v) is 5.16. The monoisotopic (exact) mass is 430 g/mol. The summed E-state index contributed by atoms with van der Waals surface area (Å²) < 4.78 is 5.61. The van der Waals surface area contributed by atoms with Gasteiger partial charge in [0.15, 0.2) is 6.10 Å². The molecule has 0 spiro atoms. The van der Waals surface area contributed by atoms with Gasteiger partial charge in [0.25, 0.3) is 5.91 Å². The summed E-state index contributed by atoms with van der Waals surface area (Å²) in [6.45, 7) is 0.172. The quantitative estimate of drug-likeness (QED) is 0.670. The molecule has 158 valence electrons. The summed E-state index contributed by atoms with van der Waals surface area (Å²) in [5.41, 5.74) is 1.73. The number of nitrogens with one attached hydrogen (secondary N) is 1. The third kappa shape index (κ3) is 5.81. The fraction of sp³-hybridized carbons (Fsp3) is 0.318. The Balaban J connectivity index is 1.79. The molecular formula is C22H23ClN2O5. The van der Waals surface area contributed by atoms with Crippen LogP contribution in [0.5, 0.6) is 0 Å². The minimum absolute atomic E-state index is 0.0577. The molecule has 2 N–H and O–H groups in total. The van der Waals surface area contributed by atoms with Gasteiger partial charge in [0.1, 0.15) is 6.61 Å². The first-order valence-corrected chi connectivity index (χ1v) is 10.0. The fourth-order valence-electron chi connectivity index (χ4n) is 3.35. The van der Waals surface area contributed by atoms with E-state index in [2.05, 4.69) is 5.32 Å². The number of carboxylic acids is 1. The lowest BCUT2D eigenvalue weighted by molar-refractivity contribution is -0.155. The lowest BCUT2D eigenvalue weighted by Crippen LogP contribution is -2.54. The molecule has 1 aliphatic heterocycles. The maximum atomic E-state index is 13.3. The van der Waals surface area contributed by atoms with E-state index in [4.69, 9.17) is 21.4 Å². The highest BCUT2D eigenvalue weighted by atomic mass is 35.5. The van der Waals surface area contributed by atoms with Crippen LogP contribution < -0.4 is 5.32 Å². The van der Waals surface area contributed by atoms with E-state index < -0.39 is 18.1 Å². The van der Waals surface area contributed by atoms with Gasteiger partial charge in [-0.3, -0.25) is 14.4 Å². The van der Waals surface area contributed by atoms with Crippen molar-refractivity contribution < 1.29 is 24.2 Å². The van der Waals surface area contributed by atoms with Crippen molar-refractivity contribution in [2.24, 2.45) is 0 Å². The van der Waals surface area contributed by atoms with Crippen molar-refractivity contribution in [3.05, 3.63) is 70.7 Å². The van der Waals surface area contributed by atoms with Crippen LogP contribution in [-0.2, 0) is 25.5 Å². The predicted molar refractivity (Wildman–Crippen MR) is 111 cm³/mol. The predicted octanol–water partition coefficient (Wildman–Crippen LogP) is 2.44. The number of aliphatic carboxylic acids is 1. The lowest BCUT2D eigenvalue weighted by atomic mass is 9.98. The van der Waals surface area contributed by atoms with Gasteiger partial charge in [-0.25, -0.2) is 0 Å². The summed E-state index contributed by atoms with van der Waals surface area (Å²) >= 11 is 5.95. The topological polar surface area (TPSA) is 95.9 Å². The van der Waals surface area contributed by atoms with E-state index in [-0.39, 0.29) is 31.4 Å². The number of halogens is 1. The van der Waals surface area contributed by atoms with E-state index in [1.54, 1.807) is 24.3 Å². The average Bonchev–Trinajstić information content (AvgIpc) is 2.74. The molecule has 8 heteroatoms. The molecule has 30 heavy (non-hydrogen) atoms. The van der Waals surface area contributed by atoms with E-state index in [9.17, 15) is 14.4 Å². The standard InChI is InChI=1S/C22H23ClN2O5/c23-17-8-6-16(7-9-17)20-21(30-14-18(26)24-20)22(29)25(13-11-19(27)28)12-10-15-4-2-1-3-5-15/h1-9,20-21H,10-14H2,(H,24,26)(H,27,28)/t20-,21-/m1/s1. The number of ether oxygens (including phenoxy) is 1. The first-order valence-electron chi connectivity index (χ1n) is 9.65. The molecule has 1 heterocycles. The molecule has 3 rings (SSSR count). The third-order valence-electron chi connectivity index (χ3n) is 4.91. The van der Waals surface area contributed by atoms with Crippen LogP contribution in [0.1, 0.15) is 23.6 Å². The van der Waals surface area contributed by atoms with Gasteiger partial charge in [0.2, 0.25) is 5.91 Å². The van der Waals surface area contributed by atoms with E-state index in [1.807, 2.05) is 30.3 Å². The smallest absolute Gasteiger partial charge is 0.305 e. The Morgan fingerprint density at radius 1 is 1.10 bits per heavy atom. The Morgan fingerprint density at radius 3 is 2.47 bits per heavy atom. The van der Waals surface area contributed by atoms with Crippen LogP contribution in [0.4, 0.5) is 0 Å². The molecule has 2 aromatic rings. The first kappa shape index (κ1) is 21.8. The highest BCUT2D eigenvalue weighted by Crippen LogP contribution is 2.25. The van der Waals surface area contributed by atoms with E-state index in [0.717, 1.165) is 5.56 Å². The van der Waals surface area contributed by atoms with Gasteiger partial charge in [0.05, 0.1) is 12.5 Å². The van der Waals surface area contributed by atoms with Crippen molar-refractivity contribution in [2.75, 3.05) is 19.7 Å². The number of carbonyl (C=O) groups is 3. The Kier molecular flexibility index (Phi) is 7.43. The van der Waals surface area contributed by atoms with Crippen LogP contribution in [0.15, 0.2) is 54.6 Å². The molecule has 1 saturated heterocycles. The second-order valence-electron chi connectivity index (χ2n) is 7.03.